The number of furan rings is 1. The lowest BCUT2D eigenvalue weighted by atomic mass is 10.2. The predicted molar refractivity (Wildman–Crippen MR) is 99.2 cm³/mol. The SMILES string of the molecule is COc1ccc(C(=O)NC(=S)N2CCN(C(=O)c3ccco3)CC2)cc1. The first-order chi connectivity index (χ1) is 12.6. The van der Waals surface area contributed by atoms with E-state index in [-0.39, 0.29) is 11.8 Å². The van der Waals surface area contributed by atoms with E-state index in [1.807, 2.05) is 4.90 Å². The Morgan fingerprint density at radius 3 is 2.31 bits per heavy atom. The van der Waals surface area contributed by atoms with Crippen molar-refractivity contribution >= 4 is 29.1 Å². The molecule has 1 fully saturated rings. The molecule has 1 saturated heterocycles. The number of carbonyl (C=O) groups excluding carboxylic acids is 2. The zero-order valence-electron chi connectivity index (χ0n) is 14.3. The molecule has 3 rings (SSSR count). The number of hydrogen-bond donors (Lipinski definition) is 1. The summed E-state index contributed by atoms with van der Waals surface area (Å²) in [5.74, 6) is 0.602. The second-order valence-electron chi connectivity index (χ2n) is 5.74. The minimum Gasteiger partial charge on any atom is -0.497 e. The molecule has 1 N–H and O–H groups in total. The average Bonchev–Trinajstić information content (AvgIpc) is 3.22. The molecule has 0 bridgehead atoms. The van der Waals surface area contributed by atoms with Crippen molar-refractivity contribution in [3.05, 3.63) is 54.0 Å². The van der Waals surface area contributed by atoms with Gasteiger partial charge in [0.05, 0.1) is 13.4 Å². The first kappa shape index (κ1) is 17.9. The van der Waals surface area contributed by atoms with Crippen LogP contribution in [0.4, 0.5) is 0 Å². The molecule has 2 heterocycles. The molecular weight excluding hydrogens is 354 g/mol. The number of nitrogens with zero attached hydrogens (tertiary/aromatic N) is 2. The van der Waals surface area contributed by atoms with Gasteiger partial charge in [-0.1, -0.05) is 0 Å². The lowest BCUT2D eigenvalue weighted by Crippen LogP contribution is -2.53. The second-order valence-corrected chi connectivity index (χ2v) is 6.13. The zero-order valence-corrected chi connectivity index (χ0v) is 15.1. The fourth-order valence-corrected chi connectivity index (χ4v) is 2.93. The number of benzene rings is 1. The van der Waals surface area contributed by atoms with Crippen molar-refractivity contribution in [3.63, 3.8) is 0 Å². The van der Waals surface area contributed by atoms with Crippen LogP contribution in [0.2, 0.25) is 0 Å². The van der Waals surface area contributed by atoms with E-state index in [2.05, 4.69) is 5.32 Å². The number of piperazine rings is 1. The molecule has 7 nitrogen and oxygen atoms in total. The van der Waals surface area contributed by atoms with E-state index in [0.717, 1.165) is 0 Å². The van der Waals surface area contributed by atoms with Crippen LogP contribution in [0.5, 0.6) is 5.75 Å². The Morgan fingerprint density at radius 2 is 1.73 bits per heavy atom. The summed E-state index contributed by atoms with van der Waals surface area (Å²) in [4.78, 5) is 28.1. The molecule has 8 heteroatoms. The second kappa shape index (κ2) is 8.01. The number of rotatable bonds is 3. The van der Waals surface area contributed by atoms with Crippen LogP contribution in [0.3, 0.4) is 0 Å². The molecular formula is C18H19N3O4S. The first-order valence-electron chi connectivity index (χ1n) is 8.15. The van der Waals surface area contributed by atoms with Crippen LogP contribution in [0.15, 0.2) is 47.1 Å². The molecule has 1 aliphatic heterocycles. The highest BCUT2D eigenvalue weighted by Gasteiger charge is 2.25. The van der Waals surface area contributed by atoms with Gasteiger partial charge in [0, 0.05) is 31.7 Å². The quantitative estimate of drug-likeness (QED) is 0.827. The van der Waals surface area contributed by atoms with E-state index in [0.29, 0.717) is 48.4 Å². The van der Waals surface area contributed by atoms with Crippen molar-refractivity contribution in [2.24, 2.45) is 0 Å². The van der Waals surface area contributed by atoms with Gasteiger partial charge in [-0.25, -0.2) is 0 Å². The fraction of sp³-hybridized carbons (Fsp3) is 0.278. The van der Waals surface area contributed by atoms with Crippen LogP contribution < -0.4 is 10.1 Å². The van der Waals surface area contributed by atoms with E-state index in [1.54, 1.807) is 48.4 Å². The van der Waals surface area contributed by atoms with Crippen LogP contribution in [-0.2, 0) is 0 Å². The summed E-state index contributed by atoms with van der Waals surface area (Å²) in [6.07, 6.45) is 1.48. The van der Waals surface area contributed by atoms with Crippen molar-refractivity contribution in [2.75, 3.05) is 33.3 Å². The summed E-state index contributed by atoms with van der Waals surface area (Å²) >= 11 is 5.33. The Morgan fingerprint density at radius 1 is 1.08 bits per heavy atom. The lowest BCUT2D eigenvalue weighted by Gasteiger charge is -2.35. The van der Waals surface area contributed by atoms with Crippen molar-refractivity contribution in [2.45, 2.75) is 0 Å². The van der Waals surface area contributed by atoms with E-state index < -0.39 is 0 Å². The summed E-state index contributed by atoms with van der Waals surface area (Å²) in [5, 5.41) is 3.09. The van der Waals surface area contributed by atoms with E-state index >= 15 is 0 Å². The van der Waals surface area contributed by atoms with Crippen molar-refractivity contribution in [3.8, 4) is 5.75 Å². The van der Waals surface area contributed by atoms with Crippen LogP contribution in [0.1, 0.15) is 20.9 Å². The molecule has 0 unspecified atom stereocenters. The average molecular weight is 373 g/mol. The summed E-state index contributed by atoms with van der Waals surface area (Å²) in [6, 6.07) is 10.1. The molecule has 0 atom stereocenters. The number of hydrogen-bond acceptors (Lipinski definition) is 5. The summed E-state index contributed by atoms with van der Waals surface area (Å²) < 4.78 is 10.2. The molecule has 136 valence electrons. The maximum Gasteiger partial charge on any atom is 0.289 e. The number of carbonyl (C=O) groups is 2. The number of ether oxygens (including phenoxy) is 1. The number of methoxy groups -OCH3 is 1. The van der Waals surface area contributed by atoms with Gasteiger partial charge in [0.25, 0.3) is 11.8 Å². The number of thiocarbonyl (C=S) groups is 1. The molecule has 1 aliphatic rings. The summed E-state index contributed by atoms with van der Waals surface area (Å²) in [7, 11) is 1.57. The normalized spacial score (nSPS) is 14.0. The van der Waals surface area contributed by atoms with Crippen LogP contribution in [0, 0.1) is 0 Å². The third-order valence-electron chi connectivity index (χ3n) is 4.16. The van der Waals surface area contributed by atoms with Gasteiger partial charge in [0.15, 0.2) is 10.9 Å². The Balaban J connectivity index is 1.51. The third-order valence-corrected chi connectivity index (χ3v) is 4.52. The van der Waals surface area contributed by atoms with E-state index in [9.17, 15) is 9.59 Å². The molecule has 26 heavy (non-hydrogen) atoms. The monoisotopic (exact) mass is 373 g/mol. The lowest BCUT2D eigenvalue weighted by molar-refractivity contribution is 0.0657. The van der Waals surface area contributed by atoms with E-state index in [1.165, 1.54) is 6.26 Å². The van der Waals surface area contributed by atoms with Gasteiger partial charge in [-0.15, -0.1) is 0 Å². The maximum absolute atomic E-state index is 12.3. The van der Waals surface area contributed by atoms with Gasteiger partial charge in [0.1, 0.15) is 5.75 Å². The Bertz CT molecular complexity index is 781. The summed E-state index contributed by atoms with van der Waals surface area (Å²) in [5.41, 5.74) is 0.500. The van der Waals surface area contributed by atoms with Crippen molar-refractivity contribution in [1.82, 2.24) is 15.1 Å². The molecule has 1 aromatic carbocycles. The largest absolute Gasteiger partial charge is 0.497 e. The van der Waals surface area contributed by atoms with E-state index in [4.69, 9.17) is 21.4 Å². The molecule has 0 spiro atoms. The van der Waals surface area contributed by atoms with Gasteiger partial charge in [-0.05, 0) is 48.6 Å². The Kier molecular flexibility index (Phi) is 5.52. The molecule has 1 aromatic heterocycles. The highest BCUT2D eigenvalue weighted by atomic mass is 32.1. The standard InChI is InChI=1S/C18H19N3O4S/c1-24-14-6-4-13(5-7-14)16(22)19-18(26)21-10-8-20(9-11-21)17(23)15-3-2-12-25-15/h2-7,12H,8-11H2,1H3,(H,19,22,26). The van der Waals surface area contributed by atoms with Gasteiger partial charge in [-0.2, -0.15) is 0 Å². The highest BCUT2D eigenvalue weighted by Crippen LogP contribution is 2.12. The highest BCUT2D eigenvalue weighted by molar-refractivity contribution is 7.80. The number of nitrogens with one attached hydrogen (secondary N) is 1. The Hall–Kier alpha value is -2.87. The third kappa shape index (κ3) is 4.02. The van der Waals surface area contributed by atoms with Gasteiger partial charge in [-0.3, -0.25) is 14.9 Å². The minimum absolute atomic E-state index is 0.136. The Labute approximate surface area is 156 Å². The van der Waals surface area contributed by atoms with Gasteiger partial charge >= 0.3 is 0 Å². The molecule has 2 amide bonds. The van der Waals surface area contributed by atoms with Gasteiger partial charge < -0.3 is 19.0 Å². The van der Waals surface area contributed by atoms with Crippen LogP contribution in [-0.4, -0.2) is 60.0 Å². The fourth-order valence-electron chi connectivity index (χ4n) is 2.66. The topological polar surface area (TPSA) is 75.0 Å². The first-order valence-corrected chi connectivity index (χ1v) is 8.56. The molecule has 0 aliphatic carbocycles. The molecule has 0 radical (unpaired) electrons. The summed E-state index contributed by atoms with van der Waals surface area (Å²) in [6.45, 7) is 2.12. The molecule has 2 aromatic rings. The van der Waals surface area contributed by atoms with Crippen molar-refractivity contribution < 1.29 is 18.7 Å². The molecule has 0 saturated carbocycles. The van der Waals surface area contributed by atoms with Crippen LogP contribution in [0.25, 0.3) is 0 Å². The van der Waals surface area contributed by atoms with Crippen molar-refractivity contribution in [1.29, 1.82) is 0 Å². The zero-order chi connectivity index (χ0) is 18.5. The van der Waals surface area contributed by atoms with Gasteiger partial charge in [0.2, 0.25) is 0 Å². The number of amides is 2. The maximum atomic E-state index is 12.3. The smallest absolute Gasteiger partial charge is 0.289 e. The minimum atomic E-state index is -0.272. The predicted octanol–water partition coefficient (Wildman–Crippen LogP) is 1.76. The van der Waals surface area contributed by atoms with Crippen LogP contribution >= 0.6 is 12.2 Å².